The van der Waals surface area contributed by atoms with E-state index in [-0.39, 0.29) is 23.8 Å². The Balaban J connectivity index is 1.39. The van der Waals surface area contributed by atoms with Gasteiger partial charge in [-0.25, -0.2) is 0 Å². The maximum Gasteiger partial charge on any atom is 0.246 e. The lowest BCUT2D eigenvalue weighted by molar-refractivity contribution is -0.141. The first-order valence-electron chi connectivity index (χ1n) is 14.2. The molecule has 5 rings (SSSR count). The lowest BCUT2D eigenvalue weighted by atomic mass is 9.74. The molecule has 8 nitrogen and oxygen atoms in total. The molecule has 2 bridgehead atoms. The van der Waals surface area contributed by atoms with Gasteiger partial charge in [0.2, 0.25) is 17.7 Å². The molecule has 2 N–H and O–H groups in total. The van der Waals surface area contributed by atoms with Crippen molar-refractivity contribution < 1.29 is 19.1 Å². The van der Waals surface area contributed by atoms with Crippen LogP contribution in [-0.2, 0) is 19.1 Å². The Labute approximate surface area is 226 Å². The summed E-state index contributed by atoms with van der Waals surface area (Å²) in [6.07, 6.45) is 9.31. The summed E-state index contributed by atoms with van der Waals surface area (Å²) in [4.78, 5) is 45.2. The van der Waals surface area contributed by atoms with Crippen molar-refractivity contribution in [2.45, 2.75) is 82.1 Å². The summed E-state index contributed by atoms with van der Waals surface area (Å²) in [6.45, 7) is 5.50. The number of rotatable bonds is 9. The summed E-state index contributed by atoms with van der Waals surface area (Å²) in [6, 6.07) is 7.18. The molecule has 0 aromatic heterocycles. The molecule has 3 heterocycles. The second kappa shape index (κ2) is 10.8. The third-order valence-electron chi connectivity index (χ3n) is 8.73. The topological polar surface area (TPSA) is 91.0 Å². The highest BCUT2D eigenvalue weighted by molar-refractivity contribution is 6.02. The minimum absolute atomic E-state index is 0.126. The van der Waals surface area contributed by atoms with Gasteiger partial charge < -0.3 is 25.2 Å². The summed E-state index contributed by atoms with van der Waals surface area (Å²) < 4.78 is 6.45. The van der Waals surface area contributed by atoms with E-state index in [2.05, 4.69) is 29.4 Å². The number of anilines is 1. The van der Waals surface area contributed by atoms with Crippen molar-refractivity contribution in [1.29, 1.82) is 0 Å². The highest BCUT2D eigenvalue weighted by atomic mass is 16.5. The largest absolute Gasteiger partial charge is 0.359 e. The summed E-state index contributed by atoms with van der Waals surface area (Å²) in [7, 11) is 3.99. The van der Waals surface area contributed by atoms with Crippen molar-refractivity contribution in [3.05, 3.63) is 42.0 Å². The monoisotopic (exact) mass is 522 g/mol. The standard InChI is InChI=1S/C30H42N4O4/c1-19(2)20-11-13-22(14-12-20)31-27(35)24-23-15-16-30(38-23)25(24)29(37)34(18-8-17-33(3)4)26(30)28(36)32-21-9-6-5-7-10-21/h11-16,19,21,23-26H,5-10,17-18H2,1-4H3,(H,31,35)(H,32,36)/t23-,24?,25-,26?,30?/m0/s1. The van der Waals surface area contributed by atoms with Gasteiger partial charge in [-0.05, 0) is 63.5 Å². The summed E-state index contributed by atoms with van der Waals surface area (Å²) >= 11 is 0. The molecule has 1 saturated carbocycles. The van der Waals surface area contributed by atoms with Crippen LogP contribution in [0, 0.1) is 11.8 Å². The van der Waals surface area contributed by atoms with E-state index in [0.29, 0.717) is 18.2 Å². The third kappa shape index (κ3) is 4.89. The highest BCUT2D eigenvalue weighted by Crippen LogP contribution is 2.55. The number of ether oxygens (including phenoxy) is 1. The predicted molar refractivity (Wildman–Crippen MR) is 147 cm³/mol. The Morgan fingerprint density at radius 1 is 1.11 bits per heavy atom. The molecule has 1 spiro atoms. The fourth-order valence-electron chi connectivity index (χ4n) is 6.77. The van der Waals surface area contributed by atoms with Gasteiger partial charge in [0, 0.05) is 18.3 Å². The summed E-state index contributed by atoms with van der Waals surface area (Å²) in [5.41, 5.74) is 0.779. The van der Waals surface area contributed by atoms with Crippen molar-refractivity contribution in [2.75, 3.05) is 32.5 Å². The third-order valence-corrected chi connectivity index (χ3v) is 8.73. The van der Waals surface area contributed by atoms with E-state index < -0.39 is 29.6 Å². The van der Waals surface area contributed by atoms with E-state index >= 15 is 0 Å². The summed E-state index contributed by atoms with van der Waals surface area (Å²) in [5, 5.41) is 6.26. The van der Waals surface area contributed by atoms with Crippen LogP contribution in [0.5, 0.6) is 0 Å². The van der Waals surface area contributed by atoms with Gasteiger partial charge in [-0.1, -0.05) is 57.4 Å². The minimum Gasteiger partial charge on any atom is -0.359 e. The number of nitrogens with one attached hydrogen (secondary N) is 2. The number of benzene rings is 1. The van der Waals surface area contributed by atoms with Crippen LogP contribution in [0.25, 0.3) is 0 Å². The molecule has 4 aliphatic rings. The SMILES string of the molecule is CC(C)c1ccc(NC(=O)C2[C@@H]3C=CC4(O3)C(C(=O)NC3CCCCC3)N(CCCN(C)C)C(=O)[C@H]24)cc1. The Hall–Kier alpha value is -2.71. The average Bonchev–Trinajstić information content (AvgIpc) is 3.52. The maximum atomic E-state index is 14.0. The predicted octanol–water partition coefficient (Wildman–Crippen LogP) is 3.30. The molecule has 5 atom stereocenters. The number of carbonyl (C=O) groups is 3. The number of fused-ring (bicyclic) bond motifs is 1. The Kier molecular flexibility index (Phi) is 7.65. The Morgan fingerprint density at radius 3 is 2.47 bits per heavy atom. The van der Waals surface area contributed by atoms with Crippen LogP contribution in [0.2, 0.25) is 0 Å². The second-order valence-electron chi connectivity index (χ2n) is 12.0. The van der Waals surface area contributed by atoms with Gasteiger partial charge in [-0.3, -0.25) is 14.4 Å². The number of carbonyl (C=O) groups excluding carboxylic acids is 3. The fourth-order valence-corrected chi connectivity index (χ4v) is 6.77. The molecule has 206 valence electrons. The van der Waals surface area contributed by atoms with Crippen molar-refractivity contribution in [1.82, 2.24) is 15.1 Å². The molecule has 3 fully saturated rings. The van der Waals surface area contributed by atoms with Crippen LogP contribution in [0.1, 0.15) is 63.9 Å². The van der Waals surface area contributed by atoms with E-state index in [1.807, 2.05) is 50.5 Å². The quantitative estimate of drug-likeness (QED) is 0.486. The second-order valence-corrected chi connectivity index (χ2v) is 12.0. The number of nitrogens with zero attached hydrogens (tertiary/aromatic N) is 2. The molecule has 3 aliphatic heterocycles. The fraction of sp³-hybridized carbons (Fsp3) is 0.633. The zero-order valence-corrected chi connectivity index (χ0v) is 23.1. The molecule has 3 unspecified atom stereocenters. The molecule has 3 amide bonds. The van der Waals surface area contributed by atoms with Crippen molar-refractivity contribution in [2.24, 2.45) is 11.8 Å². The molecule has 1 aromatic rings. The van der Waals surface area contributed by atoms with Gasteiger partial charge in [0.1, 0.15) is 11.6 Å². The van der Waals surface area contributed by atoms with Crippen molar-refractivity contribution in [3.8, 4) is 0 Å². The first-order chi connectivity index (χ1) is 18.2. The molecule has 0 radical (unpaired) electrons. The molecule has 8 heteroatoms. The van der Waals surface area contributed by atoms with E-state index in [9.17, 15) is 14.4 Å². The normalized spacial score (nSPS) is 30.4. The lowest BCUT2D eigenvalue weighted by Gasteiger charge is -2.34. The molecule has 1 aromatic carbocycles. The zero-order chi connectivity index (χ0) is 27.0. The summed E-state index contributed by atoms with van der Waals surface area (Å²) in [5.74, 6) is -1.55. The molecule has 2 saturated heterocycles. The van der Waals surface area contributed by atoms with Gasteiger partial charge in [-0.2, -0.15) is 0 Å². The number of hydrogen-bond acceptors (Lipinski definition) is 5. The molecule has 1 aliphatic carbocycles. The Bertz CT molecular complexity index is 1080. The molecule has 38 heavy (non-hydrogen) atoms. The van der Waals surface area contributed by atoms with Crippen LogP contribution in [0.4, 0.5) is 5.69 Å². The van der Waals surface area contributed by atoms with Crippen LogP contribution < -0.4 is 10.6 Å². The van der Waals surface area contributed by atoms with Gasteiger partial charge in [-0.15, -0.1) is 0 Å². The van der Waals surface area contributed by atoms with E-state index in [4.69, 9.17) is 4.74 Å². The number of hydrogen-bond donors (Lipinski definition) is 2. The van der Waals surface area contributed by atoms with Crippen LogP contribution in [-0.4, -0.2) is 78.5 Å². The molecular formula is C30H42N4O4. The molecular weight excluding hydrogens is 480 g/mol. The zero-order valence-electron chi connectivity index (χ0n) is 23.1. The van der Waals surface area contributed by atoms with E-state index in [1.54, 1.807) is 4.90 Å². The Morgan fingerprint density at radius 2 is 1.82 bits per heavy atom. The average molecular weight is 523 g/mol. The van der Waals surface area contributed by atoms with Crippen molar-refractivity contribution >= 4 is 23.4 Å². The maximum absolute atomic E-state index is 14.0. The first kappa shape index (κ1) is 26.9. The highest BCUT2D eigenvalue weighted by Gasteiger charge is 2.72. The van der Waals surface area contributed by atoms with Crippen LogP contribution in [0.3, 0.4) is 0 Å². The van der Waals surface area contributed by atoms with Gasteiger partial charge in [0.15, 0.2) is 0 Å². The first-order valence-corrected chi connectivity index (χ1v) is 14.2. The van der Waals surface area contributed by atoms with E-state index in [0.717, 1.165) is 38.6 Å². The lowest BCUT2D eigenvalue weighted by Crippen LogP contribution is -2.56. The van der Waals surface area contributed by atoms with Crippen molar-refractivity contribution in [3.63, 3.8) is 0 Å². The van der Waals surface area contributed by atoms with Gasteiger partial charge >= 0.3 is 0 Å². The number of likely N-dealkylation sites (tertiary alicyclic amines) is 1. The van der Waals surface area contributed by atoms with Crippen LogP contribution >= 0.6 is 0 Å². The van der Waals surface area contributed by atoms with E-state index in [1.165, 1.54) is 12.0 Å². The van der Waals surface area contributed by atoms with Gasteiger partial charge in [0.25, 0.3) is 0 Å². The van der Waals surface area contributed by atoms with Gasteiger partial charge in [0.05, 0.1) is 17.9 Å². The number of amides is 3. The smallest absolute Gasteiger partial charge is 0.246 e. The minimum atomic E-state index is -1.11. The van der Waals surface area contributed by atoms with Crippen LogP contribution in [0.15, 0.2) is 36.4 Å².